The van der Waals surface area contributed by atoms with E-state index in [1.54, 1.807) is 29.2 Å². The molecule has 0 aliphatic carbocycles. The Hall–Kier alpha value is -3.13. The smallest absolute Gasteiger partial charge is 0.251 e. The summed E-state index contributed by atoms with van der Waals surface area (Å²) < 4.78 is 14.5. The van der Waals surface area contributed by atoms with E-state index in [0.717, 1.165) is 5.56 Å². The molecule has 2 heterocycles. The summed E-state index contributed by atoms with van der Waals surface area (Å²) >= 11 is 0. The maximum atomic E-state index is 12.9. The number of nitrogens with zero attached hydrogens (tertiary/aromatic N) is 4. The molecule has 0 aliphatic heterocycles. The van der Waals surface area contributed by atoms with Crippen molar-refractivity contribution in [1.82, 2.24) is 25.1 Å². The Balaban J connectivity index is 1.66. The first kappa shape index (κ1) is 17.7. The van der Waals surface area contributed by atoms with Crippen LogP contribution in [0.3, 0.4) is 0 Å². The molecule has 3 rings (SSSR count). The van der Waals surface area contributed by atoms with E-state index in [4.69, 9.17) is 0 Å². The number of benzene rings is 1. The summed E-state index contributed by atoms with van der Waals surface area (Å²) in [5.41, 5.74) is 1.22. The van der Waals surface area contributed by atoms with Crippen molar-refractivity contribution >= 4 is 5.91 Å². The highest BCUT2D eigenvalue weighted by Gasteiger charge is 2.12. The highest BCUT2D eigenvalue weighted by atomic mass is 19.1. The summed E-state index contributed by atoms with van der Waals surface area (Å²) in [6.45, 7) is 0.601. The van der Waals surface area contributed by atoms with Crippen molar-refractivity contribution in [3.8, 4) is 11.4 Å². The van der Waals surface area contributed by atoms with E-state index in [0.29, 0.717) is 36.7 Å². The molecule has 0 saturated carbocycles. The third-order valence-corrected chi connectivity index (χ3v) is 3.74. The van der Waals surface area contributed by atoms with Crippen molar-refractivity contribution in [3.05, 3.63) is 66.0 Å². The summed E-state index contributed by atoms with van der Waals surface area (Å²) in [6, 6.07) is 8.96. The topological polar surface area (TPSA) is 92.9 Å². The minimum Gasteiger partial charge on any atom is -0.394 e. The number of carbonyl (C=O) groups excluding carboxylic acids is 1. The molecule has 2 N–H and O–H groups in total. The molecule has 1 amide bonds. The number of pyridine rings is 1. The molecule has 1 aromatic carbocycles. The van der Waals surface area contributed by atoms with Crippen LogP contribution in [0, 0.1) is 5.82 Å². The third kappa shape index (κ3) is 4.28. The van der Waals surface area contributed by atoms with Crippen molar-refractivity contribution < 1.29 is 14.3 Å². The van der Waals surface area contributed by atoms with Crippen LogP contribution in [0.1, 0.15) is 16.2 Å². The first-order chi connectivity index (χ1) is 12.7. The average Bonchev–Trinajstić information content (AvgIpc) is 3.06. The Kier molecular flexibility index (Phi) is 5.65. The molecule has 8 heteroatoms. The molecule has 0 fully saturated rings. The SMILES string of the molecule is O=C(NCCc1nc(-c2ccncc2)nn1CCO)c1ccc(F)cc1. The average molecular weight is 355 g/mol. The second-order valence-electron chi connectivity index (χ2n) is 5.55. The minimum atomic E-state index is -0.387. The third-order valence-electron chi connectivity index (χ3n) is 3.74. The van der Waals surface area contributed by atoms with Crippen LogP contribution < -0.4 is 5.32 Å². The van der Waals surface area contributed by atoms with Gasteiger partial charge in [0.05, 0.1) is 13.2 Å². The molecule has 134 valence electrons. The van der Waals surface area contributed by atoms with Crippen LogP contribution in [0.15, 0.2) is 48.8 Å². The van der Waals surface area contributed by atoms with Crippen LogP contribution in [0.25, 0.3) is 11.4 Å². The zero-order chi connectivity index (χ0) is 18.4. The largest absolute Gasteiger partial charge is 0.394 e. The number of aromatic nitrogens is 4. The Morgan fingerprint density at radius 2 is 1.88 bits per heavy atom. The fraction of sp³-hybridized carbons (Fsp3) is 0.222. The maximum Gasteiger partial charge on any atom is 0.251 e. The van der Waals surface area contributed by atoms with Crippen LogP contribution >= 0.6 is 0 Å². The van der Waals surface area contributed by atoms with Gasteiger partial charge in [-0.15, -0.1) is 0 Å². The van der Waals surface area contributed by atoms with E-state index >= 15 is 0 Å². The molecule has 0 bridgehead atoms. The van der Waals surface area contributed by atoms with E-state index in [1.807, 2.05) is 0 Å². The summed E-state index contributed by atoms with van der Waals surface area (Å²) in [6.07, 6.45) is 3.76. The predicted octanol–water partition coefficient (Wildman–Crippen LogP) is 1.44. The minimum absolute atomic E-state index is 0.0614. The molecule has 0 spiro atoms. The molecule has 26 heavy (non-hydrogen) atoms. The summed E-state index contributed by atoms with van der Waals surface area (Å²) in [7, 11) is 0. The van der Waals surface area contributed by atoms with Gasteiger partial charge in [-0.1, -0.05) is 0 Å². The Labute approximate surface area is 149 Å². The second-order valence-corrected chi connectivity index (χ2v) is 5.55. The molecule has 7 nitrogen and oxygen atoms in total. The van der Waals surface area contributed by atoms with Crippen molar-refractivity contribution in [2.75, 3.05) is 13.2 Å². The number of amides is 1. The molecular weight excluding hydrogens is 337 g/mol. The van der Waals surface area contributed by atoms with Gasteiger partial charge in [0.15, 0.2) is 5.82 Å². The van der Waals surface area contributed by atoms with Crippen molar-refractivity contribution in [2.45, 2.75) is 13.0 Å². The van der Waals surface area contributed by atoms with Gasteiger partial charge in [0, 0.05) is 36.5 Å². The maximum absolute atomic E-state index is 12.9. The summed E-state index contributed by atoms with van der Waals surface area (Å²) in [5.74, 6) is 0.529. The van der Waals surface area contributed by atoms with E-state index in [1.165, 1.54) is 24.3 Å². The fourth-order valence-corrected chi connectivity index (χ4v) is 2.45. The number of nitrogens with one attached hydrogen (secondary N) is 1. The lowest BCUT2D eigenvalue weighted by Crippen LogP contribution is -2.26. The highest BCUT2D eigenvalue weighted by molar-refractivity contribution is 5.94. The van der Waals surface area contributed by atoms with Gasteiger partial charge < -0.3 is 10.4 Å². The predicted molar refractivity (Wildman–Crippen MR) is 92.8 cm³/mol. The summed E-state index contributed by atoms with van der Waals surface area (Å²) in [5, 5.41) is 16.4. The number of hydrogen-bond acceptors (Lipinski definition) is 5. The van der Waals surface area contributed by atoms with Crippen LogP contribution in [0.2, 0.25) is 0 Å². The van der Waals surface area contributed by atoms with E-state index < -0.39 is 0 Å². The van der Waals surface area contributed by atoms with Crippen molar-refractivity contribution in [1.29, 1.82) is 0 Å². The van der Waals surface area contributed by atoms with Crippen LogP contribution in [0.5, 0.6) is 0 Å². The number of aliphatic hydroxyl groups excluding tert-OH is 1. The van der Waals surface area contributed by atoms with Gasteiger partial charge in [-0.3, -0.25) is 9.78 Å². The molecular formula is C18H18FN5O2. The van der Waals surface area contributed by atoms with Gasteiger partial charge in [0.1, 0.15) is 11.6 Å². The van der Waals surface area contributed by atoms with Crippen LogP contribution in [0.4, 0.5) is 4.39 Å². The number of hydrogen-bond donors (Lipinski definition) is 2. The first-order valence-corrected chi connectivity index (χ1v) is 8.16. The number of halogens is 1. The van der Waals surface area contributed by atoms with E-state index in [2.05, 4.69) is 20.4 Å². The standard InChI is InChI=1S/C18H18FN5O2/c19-15-3-1-14(2-4-15)18(26)21-10-7-16-22-17(23-24(16)11-12-25)13-5-8-20-9-6-13/h1-6,8-9,25H,7,10-12H2,(H,21,26). The normalized spacial score (nSPS) is 10.7. The van der Waals surface area contributed by atoms with Crippen molar-refractivity contribution in [3.63, 3.8) is 0 Å². The molecule has 3 aromatic rings. The van der Waals surface area contributed by atoms with Crippen LogP contribution in [-0.2, 0) is 13.0 Å². The Bertz CT molecular complexity index is 865. The molecule has 2 aromatic heterocycles. The van der Waals surface area contributed by atoms with Gasteiger partial charge >= 0.3 is 0 Å². The van der Waals surface area contributed by atoms with E-state index in [9.17, 15) is 14.3 Å². The first-order valence-electron chi connectivity index (χ1n) is 8.16. The zero-order valence-corrected chi connectivity index (χ0v) is 14.0. The van der Waals surface area contributed by atoms with Gasteiger partial charge in [0.25, 0.3) is 5.91 Å². The lowest BCUT2D eigenvalue weighted by atomic mass is 10.2. The highest BCUT2D eigenvalue weighted by Crippen LogP contribution is 2.14. The second kappa shape index (κ2) is 8.30. The quantitative estimate of drug-likeness (QED) is 0.669. The van der Waals surface area contributed by atoms with Crippen molar-refractivity contribution in [2.24, 2.45) is 0 Å². The molecule has 0 saturated heterocycles. The zero-order valence-electron chi connectivity index (χ0n) is 14.0. The molecule has 0 atom stereocenters. The monoisotopic (exact) mass is 355 g/mol. The Morgan fingerprint density at radius 3 is 2.58 bits per heavy atom. The van der Waals surface area contributed by atoms with Crippen LogP contribution in [-0.4, -0.2) is 43.9 Å². The fourth-order valence-electron chi connectivity index (χ4n) is 2.45. The van der Waals surface area contributed by atoms with Gasteiger partial charge in [0.2, 0.25) is 0 Å². The number of rotatable bonds is 7. The number of aliphatic hydroxyl groups is 1. The molecule has 0 aliphatic rings. The summed E-state index contributed by atoms with van der Waals surface area (Å²) in [4.78, 5) is 20.5. The van der Waals surface area contributed by atoms with Gasteiger partial charge in [-0.25, -0.2) is 14.1 Å². The molecule has 0 unspecified atom stereocenters. The lowest BCUT2D eigenvalue weighted by molar-refractivity contribution is 0.0953. The van der Waals surface area contributed by atoms with E-state index in [-0.39, 0.29) is 18.3 Å². The number of carbonyl (C=O) groups is 1. The van der Waals surface area contributed by atoms with Gasteiger partial charge in [-0.2, -0.15) is 5.10 Å². The lowest BCUT2D eigenvalue weighted by Gasteiger charge is -2.06. The van der Waals surface area contributed by atoms with Gasteiger partial charge in [-0.05, 0) is 36.4 Å². The Morgan fingerprint density at radius 1 is 1.15 bits per heavy atom. The molecule has 0 radical (unpaired) electrons.